The molecule has 0 radical (unpaired) electrons. The van der Waals surface area contributed by atoms with E-state index in [1.807, 2.05) is 5.38 Å². The predicted octanol–water partition coefficient (Wildman–Crippen LogP) is 3.01. The lowest BCUT2D eigenvalue weighted by Gasteiger charge is -2.09. The molecule has 0 fully saturated rings. The fourth-order valence-corrected chi connectivity index (χ4v) is 1.91. The van der Waals surface area contributed by atoms with Crippen LogP contribution in [0.4, 0.5) is 0 Å². The number of hydrogen-bond acceptors (Lipinski definition) is 2. The molecule has 0 spiro atoms. The van der Waals surface area contributed by atoms with Gasteiger partial charge in [-0.2, -0.15) is 11.3 Å². The van der Waals surface area contributed by atoms with Crippen molar-refractivity contribution in [2.24, 2.45) is 0 Å². The fourth-order valence-electron chi connectivity index (χ4n) is 1.23. The van der Waals surface area contributed by atoms with E-state index in [-0.39, 0.29) is 6.10 Å². The maximum Gasteiger partial charge on any atom is 0.0617 e. The highest BCUT2D eigenvalue weighted by molar-refractivity contribution is 7.07. The molecule has 0 saturated heterocycles. The van der Waals surface area contributed by atoms with Gasteiger partial charge in [0.05, 0.1) is 6.10 Å². The van der Waals surface area contributed by atoms with Crippen LogP contribution in [-0.2, 0) is 6.42 Å². The van der Waals surface area contributed by atoms with E-state index < -0.39 is 0 Å². The Kier molecular flexibility index (Phi) is 4.19. The Morgan fingerprint density at radius 3 is 3.00 bits per heavy atom. The van der Waals surface area contributed by atoms with Gasteiger partial charge in [-0.3, -0.25) is 0 Å². The summed E-state index contributed by atoms with van der Waals surface area (Å²) >= 11 is 1.67. The van der Waals surface area contributed by atoms with Crippen molar-refractivity contribution in [3.63, 3.8) is 0 Å². The molecule has 1 N–H and O–H groups in total. The van der Waals surface area contributed by atoms with E-state index in [2.05, 4.69) is 24.9 Å². The summed E-state index contributed by atoms with van der Waals surface area (Å²) in [6, 6.07) is 2.06. The Morgan fingerprint density at radius 2 is 2.46 bits per heavy atom. The second-order valence-corrected chi connectivity index (χ2v) is 4.08. The van der Waals surface area contributed by atoms with Gasteiger partial charge in [0.25, 0.3) is 0 Å². The van der Waals surface area contributed by atoms with Crippen molar-refractivity contribution in [1.82, 2.24) is 0 Å². The Bertz CT molecular complexity index is 251. The van der Waals surface area contributed by atoms with Gasteiger partial charge in [-0.1, -0.05) is 19.1 Å². The SMILES string of the molecule is C=C(CC)CC(O)Cc1ccsc1. The van der Waals surface area contributed by atoms with Crippen LogP contribution in [0, 0.1) is 0 Å². The highest BCUT2D eigenvalue weighted by Crippen LogP contribution is 2.13. The van der Waals surface area contributed by atoms with Gasteiger partial charge in [0.15, 0.2) is 0 Å². The van der Waals surface area contributed by atoms with Crippen molar-refractivity contribution >= 4 is 11.3 Å². The Hall–Kier alpha value is -0.600. The van der Waals surface area contributed by atoms with E-state index in [1.54, 1.807) is 11.3 Å². The van der Waals surface area contributed by atoms with Crippen LogP contribution in [0.2, 0.25) is 0 Å². The second kappa shape index (κ2) is 5.20. The van der Waals surface area contributed by atoms with Crippen LogP contribution in [0.3, 0.4) is 0 Å². The molecular formula is C11H16OS. The van der Waals surface area contributed by atoms with Crippen molar-refractivity contribution in [2.45, 2.75) is 32.3 Å². The van der Waals surface area contributed by atoms with Gasteiger partial charge >= 0.3 is 0 Å². The topological polar surface area (TPSA) is 20.2 Å². The molecule has 1 nitrogen and oxygen atoms in total. The molecule has 1 rings (SSSR count). The van der Waals surface area contributed by atoms with Crippen molar-refractivity contribution in [1.29, 1.82) is 0 Å². The first kappa shape index (κ1) is 10.5. The number of hydrogen-bond donors (Lipinski definition) is 1. The van der Waals surface area contributed by atoms with E-state index in [0.717, 1.165) is 24.8 Å². The van der Waals surface area contributed by atoms with Crippen LogP contribution >= 0.6 is 11.3 Å². The maximum absolute atomic E-state index is 9.67. The van der Waals surface area contributed by atoms with Gasteiger partial charge in [-0.15, -0.1) is 0 Å². The minimum absolute atomic E-state index is 0.262. The summed E-state index contributed by atoms with van der Waals surface area (Å²) in [7, 11) is 0. The van der Waals surface area contributed by atoms with E-state index in [1.165, 1.54) is 5.56 Å². The van der Waals surface area contributed by atoms with Crippen molar-refractivity contribution in [3.8, 4) is 0 Å². The molecule has 0 amide bonds. The molecule has 72 valence electrons. The zero-order valence-corrected chi connectivity index (χ0v) is 8.81. The van der Waals surface area contributed by atoms with Gasteiger partial charge < -0.3 is 5.11 Å². The normalized spacial score (nSPS) is 12.8. The van der Waals surface area contributed by atoms with E-state index in [0.29, 0.717) is 0 Å². The molecular weight excluding hydrogens is 180 g/mol. The van der Waals surface area contributed by atoms with Crippen LogP contribution in [0.5, 0.6) is 0 Å². The van der Waals surface area contributed by atoms with Gasteiger partial charge in [0.2, 0.25) is 0 Å². The lowest BCUT2D eigenvalue weighted by molar-refractivity contribution is 0.174. The van der Waals surface area contributed by atoms with Gasteiger partial charge in [-0.25, -0.2) is 0 Å². The molecule has 1 atom stereocenters. The third-order valence-corrected chi connectivity index (χ3v) is 2.81. The lowest BCUT2D eigenvalue weighted by atomic mass is 10.0. The maximum atomic E-state index is 9.67. The number of thiophene rings is 1. The quantitative estimate of drug-likeness (QED) is 0.718. The standard InChI is InChI=1S/C11H16OS/c1-3-9(2)6-11(12)7-10-4-5-13-8-10/h4-5,8,11-12H,2-3,6-7H2,1H3. The summed E-state index contributed by atoms with van der Waals surface area (Å²) in [6.07, 6.45) is 2.18. The molecule has 0 aliphatic carbocycles. The Labute approximate surface area is 83.7 Å². The Morgan fingerprint density at radius 1 is 1.69 bits per heavy atom. The first-order valence-electron chi connectivity index (χ1n) is 4.58. The molecule has 0 aliphatic rings. The molecule has 2 heteroatoms. The predicted molar refractivity (Wildman–Crippen MR) is 58.1 cm³/mol. The highest BCUT2D eigenvalue weighted by Gasteiger charge is 2.06. The molecule has 1 aromatic heterocycles. The first-order chi connectivity index (χ1) is 6.22. The third kappa shape index (κ3) is 3.75. The van der Waals surface area contributed by atoms with Crippen LogP contribution in [-0.4, -0.2) is 11.2 Å². The van der Waals surface area contributed by atoms with E-state index in [9.17, 15) is 5.11 Å². The van der Waals surface area contributed by atoms with Gasteiger partial charge in [0, 0.05) is 0 Å². The monoisotopic (exact) mass is 196 g/mol. The smallest absolute Gasteiger partial charge is 0.0617 e. The molecule has 1 unspecified atom stereocenters. The fraction of sp³-hybridized carbons (Fsp3) is 0.455. The molecule has 1 heterocycles. The summed E-state index contributed by atoms with van der Waals surface area (Å²) in [6.45, 7) is 5.95. The van der Waals surface area contributed by atoms with Gasteiger partial charge in [-0.05, 0) is 41.7 Å². The minimum atomic E-state index is -0.262. The molecule has 13 heavy (non-hydrogen) atoms. The molecule has 1 aromatic rings. The van der Waals surface area contributed by atoms with Gasteiger partial charge in [0.1, 0.15) is 0 Å². The molecule has 0 saturated carbocycles. The summed E-state index contributed by atoms with van der Waals surface area (Å²) in [5, 5.41) is 13.8. The largest absolute Gasteiger partial charge is 0.392 e. The zero-order valence-electron chi connectivity index (χ0n) is 7.99. The minimum Gasteiger partial charge on any atom is -0.392 e. The highest BCUT2D eigenvalue weighted by atomic mass is 32.1. The van der Waals surface area contributed by atoms with Crippen LogP contribution in [0.25, 0.3) is 0 Å². The summed E-state index contributed by atoms with van der Waals surface area (Å²) in [5.41, 5.74) is 2.35. The average molecular weight is 196 g/mol. The zero-order chi connectivity index (χ0) is 9.68. The number of rotatable bonds is 5. The first-order valence-corrected chi connectivity index (χ1v) is 5.52. The summed E-state index contributed by atoms with van der Waals surface area (Å²) < 4.78 is 0. The van der Waals surface area contributed by atoms with Crippen molar-refractivity contribution in [3.05, 3.63) is 34.5 Å². The Balaban J connectivity index is 2.33. The second-order valence-electron chi connectivity index (χ2n) is 3.30. The number of aliphatic hydroxyl groups excluding tert-OH is 1. The molecule has 0 bridgehead atoms. The van der Waals surface area contributed by atoms with E-state index in [4.69, 9.17) is 0 Å². The van der Waals surface area contributed by atoms with Crippen LogP contribution < -0.4 is 0 Å². The molecule has 0 aromatic carbocycles. The molecule has 0 aliphatic heterocycles. The van der Waals surface area contributed by atoms with Crippen LogP contribution in [0.1, 0.15) is 25.3 Å². The van der Waals surface area contributed by atoms with E-state index >= 15 is 0 Å². The summed E-state index contributed by atoms with van der Waals surface area (Å²) in [4.78, 5) is 0. The van der Waals surface area contributed by atoms with Crippen molar-refractivity contribution < 1.29 is 5.11 Å². The third-order valence-electron chi connectivity index (χ3n) is 2.08. The lowest BCUT2D eigenvalue weighted by Crippen LogP contribution is -2.10. The number of aliphatic hydroxyl groups is 1. The van der Waals surface area contributed by atoms with Crippen LogP contribution in [0.15, 0.2) is 29.0 Å². The van der Waals surface area contributed by atoms with Crippen molar-refractivity contribution in [2.75, 3.05) is 0 Å². The average Bonchev–Trinajstić information content (AvgIpc) is 2.56. The summed E-state index contributed by atoms with van der Waals surface area (Å²) in [5.74, 6) is 0.